The predicted octanol–water partition coefficient (Wildman–Crippen LogP) is 4.24. The van der Waals surface area contributed by atoms with Gasteiger partial charge in [-0.1, -0.05) is 50.8 Å². The molecule has 2 heterocycles. The molecular formula is C26H28N2O4. The van der Waals surface area contributed by atoms with Gasteiger partial charge in [0.1, 0.15) is 17.9 Å². The molecule has 1 aliphatic heterocycles. The summed E-state index contributed by atoms with van der Waals surface area (Å²) in [5.41, 5.74) is 1.48. The van der Waals surface area contributed by atoms with E-state index in [1.807, 2.05) is 24.3 Å². The molecule has 6 nitrogen and oxygen atoms in total. The molecule has 1 amide bonds. The van der Waals surface area contributed by atoms with Gasteiger partial charge in [-0.05, 0) is 42.9 Å². The molecule has 0 saturated heterocycles. The monoisotopic (exact) mass is 432 g/mol. The molecule has 0 spiro atoms. The van der Waals surface area contributed by atoms with Crippen molar-refractivity contribution in [1.29, 1.82) is 0 Å². The van der Waals surface area contributed by atoms with Crippen LogP contribution in [0.1, 0.15) is 41.6 Å². The lowest BCUT2D eigenvalue weighted by molar-refractivity contribution is 0.0708. The minimum atomic E-state index is -0.527. The normalized spacial score (nSPS) is 15.4. The van der Waals surface area contributed by atoms with E-state index >= 15 is 0 Å². The summed E-state index contributed by atoms with van der Waals surface area (Å²) in [6.07, 6.45) is 1.68. The average molecular weight is 433 g/mol. The van der Waals surface area contributed by atoms with Crippen LogP contribution < -0.4 is 10.2 Å². The lowest BCUT2D eigenvalue weighted by atomic mass is 9.98. The second-order valence-electron chi connectivity index (χ2n) is 7.77. The third-order valence-electron chi connectivity index (χ3n) is 5.97. The standard InChI is InChI=1S/C26H28N2O4/c1-4-16-31-19-11-9-10-18(17-19)23-22-24(29)20-12-7-8-13-21(20)32-25(22)26(30)28(23)15-14-27(5-2)6-3/h4,7-13,17,23H,1,5-6,14-16H2,2-3H3/t23-/m1/s1. The number of amides is 1. The summed E-state index contributed by atoms with van der Waals surface area (Å²) in [6, 6.07) is 14.1. The lowest BCUT2D eigenvalue weighted by Crippen LogP contribution is -2.37. The number of ether oxygens (including phenoxy) is 1. The number of rotatable bonds is 9. The van der Waals surface area contributed by atoms with Crippen LogP contribution in [0, 0.1) is 0 Å². The van der Waals surface area contributed by atoms with Crippen molar-refractivity contribution in [1.82, 2.24) is 9.80 Å². The Bertz CT molecular complexity index is 1200. The van der Waals surface area contributed by atoms with Crippen LogP contribution in [0.2, 0.25) is 0 Å². The molecule has 1 atom stereocenters. The fourth-order valence-corrected chi connectivity index (χ4v) is 4.26. The van der Waals surface area contributed by atoms with E-state index in [1.165, 1.54) is 0 Å². The van der Waals surface area contributed by atoms with Crippen LogP contribution in [-0.2, 0) is 0 Å². The third kappa shape index (κ3) is 3.94. The first-order chi connectivity index (χ1) is 15.6. The number of fused-ring (bicyclic) bond motifs is 2. The van der Waals surface area contributed by atoms with Gasteiger partial charge in [0.15, 0.2) is 5.43 Å². The molecule has 4 rings (SSSR count). The Hall–Kier alpha value is -3.38. The minimum Gasteiger partial charge on any atom is -0.490 e. The van der Waals surface area contributed by atoms with E-state index in [2.05, 4.69) is 25.3 Å². The van der Waals surface area contributed by atoms with E-state index in [0.717, 1.165) is 18.7 Å². The van der Waals surface area contributed by atoms with Crippen LogP contribution in [0.15, 0.2) is 70.4 Å². The van der Waals surface area contributed by atoms with Crippen molar-refractivity contribution in [2.45, 2.75) is 19.9 Å². The van der Waals surface area contributed by atoms with Gasteiger partial charge in [-0.15, -0.1) is 0 Å². The van der Waals surface area contributed by atoms with Crippen LogP contribution in [0.5, 0.6) is 5.75 Å². The van der Waals surface area contributed by atoms with E-state index in [0.29, 0.717) is 42.0 Å². The van der Waals surface area contributed by atoms with Gasteiger partial charge in [0.25, 0.3) is 5.91 Å². The topological polar surface area (TPSA) is 63.0 Å². The quantitative estimate of drug-likeness (QED) is 0.473. The van der Waals surface area contributed by atoms with Crippen molar-refractivity contribution in [3.63, 3.8) is 0 Å². The van der Waals surface area contributed by atoms with E-state index < -0.39 is 6.04 Å². The second-order valence-corrected chi connectivity index (χ2v) is 7.77. The Balaban J connectivity index is 1.83. The first-order valence-electron chi connectivity index (χ1n) is 11.0. The summed E-state index contributed by atoms with van der Waals surface area (Å²) in [7, 11) is 0. The van der Waals surface area contributed by atoms with Crippen molar-refractivity contribution in [3.05, 3.63) is 88.3 Å². The molecule has 32 heavy (non-hydrogen) atoms. The summed E-state index contributed by atoms with van der Waals surface area (Å²) < 4.78 is 11.7. The molecule has 0 radical (unpaired) electrons. The van der Waals surface area contributed by atoms with Crippen molar-refractivity contribution in [2.75, 3.05) is 32.8 Å². The Labute approximate surface area is 187 Å². The summed E-state index contributed by atoms with van der Waals surface area (Å²) in [4.78, 5) is 31.0. The van der Waals surface area contributed by atoms with Gasteiger partial charge in [0, 0.05) is 13.1 Å². The van der Waals surface area contributed by atoms with E-state index in [1.54, 1.807) is 35.2 Å². The molecule has 0 aliphatic carbocycles. The number of hydrogen-bond acceptors (Lipinski definition) is 5. The van der Waals surface area contributed by atoms with Crippen molar-refractivity contribution < 1.29 is 13.9 Å². The highest BCUT2D eigenvalue weighted by Gasteiger charge is 2.42. The summed E-state index contributed by atoms with van der Waals surface area (Å²) in [5.74, 6) is 0.547. The highest BCUT2D eigenvalue weighted by Crippen LogP contribution is 2.38. The van der Waals surface area contributed by atoms with Crippen LogP contribution >= 0.6 is 0 Å². The van der Waals surface area contributed by atoms with Gasteiger partial charge < -0.3 is 19.0 Å². The number of para-hydroxylation sites is 1. The Morgan fingerprint density at radius 1 is 1.12 bits per heavy atom. The van der Waals surface area contributed by atoms with Gasteiger partial charge in [-0.2, -0.15) is 0 Å². The molecule has 166 valence electrons. The first-order valence-corrected chi connectivity index (χ1v) is 11.0. The zero-order valence-corrected chi connectivity index (χ0v) is 18.5. The zero-order chi connectivity index (χ0) is 22.7. The molecule has 6 heteroatoms. The third-order valence-corrected chi connectivity index (χ3v) is 5.97. The van der Waals surface area contributed by atoms with E-state index in [9.17, 15) is 9.59 Å². The smallest absolute Gasteiger partial charge is 0.290 e. The molecule has 0 N–H and O–H groups in total. The van der Waals surface area contributed by atoms with Crippen molar-refractivity contribution >= 4 is 16.9 Å². The Kier molecular flexibility index (Phi) is 6.42. The SMILES string of the molecule is C=CCOc1cccc([C@@H]2c3c(oc4ccccc4c3=O)C(=O)N2CCN(CC)CC)c1. The van der Waals surface area contributed by atoms with Gasteiger partial charge in [-0.25, -0.2) is 0 Å². The maximum absolute atomic E-state index is 13.5. The Morgan fingerprint density at radius 2 is 1.91 bits per heavy atom. The van der Waals surface area contributed by atoms with Crippen LogP contribution in [0.25, 0.3) is 11.0 Å². The van der Waals surface area contributed by atoms with Gasteiger partial charge in [0.05, 0.1) is 17.0 Å². The van der Waals surface area contributed by atoms with Crippen LogP contribution in [0.3, 0.4) is 0 Å². The fourth-order valence-electron chi connectivity index (χ4n) is 4.26. The predicted molar refractivity (Wildman–Crippen MR) is 125 cm³/mol. The number of benzene rings is 2. The number of carbonyl (C=O) groups is 1. The van der Waals surface area contributed by atoms with E-state index in [4.69, 9.17) is 9.15 Å². The van der Waals surface area contributed by atoms with Crippen molar-refractivity contribution in [2.24, 2.45) is 0 Å². The first kappa shape index (κ1) is 21.8. The average Bonchev–Trinajstić information content (AvgIpc) is 3.10. The minimum absolute atomic E-state index is 0.135. The summed E-state index contributed by atoms with van der Waals surface area (Å²) in [6.45, 7) is 11.2. The van der Waals surface area contributed by atoms with Gasteiger partial charge >= 0.3 is 0 Å². The molecule has 2 aromatic carbocycles. The summed E-state index contributed by atoms with van der Waals surface area (Å²) in [5, 5.41) is 0.480. The number of nitrogens with zero attached hydrogens (tertiary/aromatic N) is 2. The fraction of sp³-hybridized carbons (Fsp3) is 0.308. The van der Waals surface area contributed by atoms with Crippen LogP contribution in [-0.4, -0.2) is 48.5 Å². The Morgan fingerprint density at radius 3 is 2.66 bits per heavy atom. The summed E-state index contributed by atoms with van der Waals surface area (Å²) >= 11 is 0. The molecule has 0 unspecified atom stereocenters. The van der Waals surface area contributed by atoms with Crippen molar-refractivity contribution in [3.8, 4) is 5.75 Å². The van der Waals surface area contributed by atoms with Gasteiger partial charge in [0.2, 0.25) is 5.76 Å². The maximum atomic E-state index is 13.5. The highest BCUT2D eigenvalue weighted by atomic mass is 16.5. The molecule has 1 aromatic heterocycles. The molecule has 0 saturated carbocycles. The van der Waals surface area contributed by atoms with Crippen LogP contribution in [0.4, 0.5) is 0 Å². The molecule has 0 bridgehead atoms. The maximum Gasteiger partial charge on any atom is 0.290 e. The number of hydrogen-bond donors (Lipinski definition) is 0. The van der Waals surface area contributed by atoms with Gasteiger partial charge in [-0.3, -0.25) is 9.59 Å². The molecular weight excluding hydrogens is 404 g/mol. The van der Waals surface area contributed by atoms with E-state index in [-0.39, 0.29) is 17.1 Å². The number of carbonyl (C=O) groups excluding carboxylic acids is 1. The molecule has 1 aliphatic rings. The molecule has 3 aromatic rings. The lowest BCUT2D eigenvalue weighted by Gasteiger charge is -2.28. The number of likely N-dealkylation sites (N-methyl/N-ethyl adjacent to an activating group) is 1. The zero-order valence-electron chi connectivity index (χ0n) is 18.5. The largest absolute Gasteiger partial charge is 0.490 e. The highest BCUT2D eigenvalue weighted by molar-refractivity contribution is 5.99. The second kappa shape index (κ2) is 9.40. The molecule has 0 fully saturated rings.